The lowest BCUT2D eigenvalue weighted by Gasteiger charge is -2.27. The molecule has 0 fully saturated rings. The van der Waals surface area contributed by atoms with E-state index in [9.17, 15) is 30.7 Å². The van der Waals surface area contributed by atoms with Gasteiger partial charge in [-0.2, -0.15) is 21.4 Å². The summed E-state index contributed by atoms with van der Waals surface area (Å²) in [4.78, 5) is 14.7. The maximum absolute atomic E-state index is 12.4. The third-order valence-electron chi connectivity index (χ3n) is 13.3. The standard InChI is InChI=1S/C55H65N3O8S2/c1-54(2)49(57(35-15-18-38-67(60,61)62)47-31-28-42-22-13-14-23-45(42)52(47)54)24-10-6-11-25-50-55(3,4)53-46-40-44(30-27-43(46)29-32-48(53)58(50)36-16-19-39-68(63,64)65)66-37-17-7-12-26-51(59)56-34-33-41-20-8-5-9-21-41/h5-6,8-11,13-14,20-25,27-32,40H,7,12,15-19,26,33-39H2,1-4H3,(H2-,56,59,60,61,62,63,64,65)/p+1. The van der Waals surface area contributed by atoms with E-state index in [1.165, 1.54) is 16.5 Å². The van der Waals surface area contributed by atoms with Gasteiger partial charge in [-0.05, 0) is 122 Å². The smallest absolute Gasteiger partial charge is 0.264 e. The molecule has 1 amide bonds. The highest BCUT2D eigenvalue weighted by molar-refractivity contribution is 7.86. The number of unbranched alkanes of at least 4 members (excludes halogenated alkanes) is 4. The molecule has 7 rings (SSSR count). The summed E-state index contributed by atoms with van der Waals surface area (Å²) < 4.78 is 73.7. The van der Waals surface area contributed by atoms with Crippen LogP contribution < -0.4 is 15.0 Å². The van der Waals surface area contributed by atoms with Gasteiger partial charge in [-0.15, -0.1) is 0 Å². The van der Waals surface area contributed by atoms with Crippen LogP contribution in [-0.4, -0.2) is 79.9 Å². The number of fused-ring (bicyclic) bond motifs is 6. The molecule has 0 saturated carbocycles. The molecular formula is C55H66N3O8S2+. The summed E-state index contributed by atoms with van der Waals surface area (Å²) in [6.07, 6.45) is 16.0. The highest BCUT2D eigenvalue weighted by Crippen LogP contribution is 2.51. The molecule has 0 bridgehead atoms. The van der Waals surface area contributed by atoms with E-state index in [-0.39, 0.29) is 22.8 Å². The fourth-order valence-corrected chi connectivity index (χ4v) is 11.1. The van der Waals surface area contributed by atoms with Crippen molar-refractivity contribution in [1.29, 1.82) is 0 Å². The summed E-state index contributed by atoms with van der Waals surface area (Å²) in [6.45, 7) is 11.2. The Kier molecular flexibility index (Phi) is 16.1. The summed E-state index contributed by atoms with van der Waals surface area (Å²) in [7, 11) is -8.14. The SMILES string of the molecule is CC1(C)C(=CC=CC=CC2=[N+](CCCCS(=O)(=O)O)c3ccc4ccc(OCCCCCC(=O)NCCc5ccccc5)cc4c3C2(C)C)N(CCCCS(=O)(=O)O)c2ccc3ccccc3c21. The van der Waals surface area contributed by atoms with E-state index in [2.05, 4.69) is 121 Å². The van der Waals surface area contributed by atoms with E-state index in [1.54, 1.807) is 0 Å². The highest BCUT2D eigenvalue weighted by atomic mass is 32.2. The average molecular weight is 961 g/mol. The van der Waals surface area contributed by atoms with E-state index >= 15 is 0 Å². The number of hydrogen-bond donors (Lipinski definition) is 3. The molecule has 0 radical (unpaired) electrons. The topological polar surface area (TPSA) is 153 Å². The third-order valence-corrected chi connectivity index (χ3v) is 14.9. The molecule has 68 heavy (non-hydrogen) atoms. The summed E-state index contributed by atoms with van der Waals surface area (Å²) in [5.74, 6) is 0.274. The number of benzene rings is 5. The normalized spacial score (nSPS) is 16.1. The Morgan fingerprint density at radius 3 is 2.16 bits per heavy atom. The molecule has 5 aromatic carbocycles. The van der Waals surface area contributed by atoms with Gasteiger partial charge in [0.25, 0.3) is 20.2 Å². The Morgan fingerprint density at radius 1 is 0.706 bits per heavy atom. The maximum Gasteiger partial charge on any atom is 0.264 e. The molecule has 0 aliphatic carbocycles. The van der Waals surface area contributed by atoms with Crippen LogP contribution >= 0.6 is 0 Å². The van der Waals surface area contributed by atoms with Gasteiger partial charge in [-0.25, -0.2) is 0 Å². The number of nitrogens with zero attached hydrogens (tertiary/aromatic N) is 2. The van der Waals surface area contributed by atoms with Gasteiger partial charge < -0.3 is 15.0 Å². The molecule has 11 nitrogen and oxygen atoms in total. The maximum atomic E-state index is 12.4. The summed E-state index contributed by atoms with van der Waals surface area (Å²) >= 11 is 0. The number of carbonyl (C=O) groups excluding carboxylic acids is 1. The van der Waals surface area contributed by atoms with Crippen molar-refractivity contribution < 1.29 is 40.0 Å². The van der Waals surface area contributed by atoms with Crippen molar-refractivity contribution in [3.8, 4) is 5.75 Å². The highest BCUT2D eigenvalue weighted by Gasteiger charge is 2.45. The first-order valence-corrected chi connectivity index (χ1v) is 27.1. The van der Waals surface area contributed by atoms with E-state index in [0.717, 1.165) is 75.9 Å². The molecule has 2 aliphatic rings. The van der Waals surface area contributed by atoms with Crippen LogP contribution in [0.5, 0.6) is 5.75 Å². The molecule has 0 saturated heterocycles. The van der Waals surface area contributed by atoms with Gasteiger partial charge in [0.1, 0.15) is 12.3 Å². The minimum Gasteiger partial charge on any atom is -0.494 e. The molecule has 0 atom stereocenters. The lowest BCUT2D eigenvalue weighted by Crippen LogP contribution is -2.28. The van der Waals surface area contributed by atoms with Crippen molar-refractivity contribution in [2.75, 3.05) is 42.6 Å². The number of hydrogen-bond acceptors (Lipinski definition) is 7. The van der Waals surface area contributed by atoms with Crippen molar-refractivity contribution in [2.45, 2.75) is 96.3 Å². The number of ether oxygens (including phenoxy) is 1. The molecule has 360 valence electrons. The largest absolute Gasteiger partial charge is 0.494 e. The fourth-order valence-electron chi connectivity index (χ4n) is 9.97. The van der Waals surface area contributed by atoms with Crippen LogP contribution in [0.1, 0.15) is 95.8 Å². The predicted octanol–water partition coefficient (Wildman–Crippen LogP) is 10.8. The van der Waals surface area contributed by atoms with E-state index in [1.807, 2.05) is 48.6 Å². The monoisotopic (exact) mass is 960 g/mol. The van der Waals surface area contributed by atoms with Crippen LogP contribution in [0.15, 0.2) is 133 Å². The minimum atomic E-state index is -4.08. The average Bonchev–Trinajstić information content (AvgIpc) is 3.65. The number of rotatable bonds is 23. The second-order valence-electron chi connectivity index (χ2n) is 19.0. The van der Waals surface area contributed by atoms with Crippen LogP contribution in [0, 0.1) is 0 Å². The Bertz CT molecular complexity index is 2970. The lowest BCUT2D eigenvalue weighted by molar-refractivity contribution is -0.438. The number of carbonyl (C=O) groups is 1. The van der Waals surface area contributed by atoms with Gasteiger partial charge >= 0.3 is 0 Å². The number of anilines is 1. The van der Waals surface area contributed by atoms with Crippen LogP contribution in [-0.2, 0) is 42.3 Å². The molecule has 0 aromatic heterocycles. The predicted molar refractivity (Wildman–Crippen MR) is 276 cm³/mol. The third kappa shape index (κ3) is 12.3. The summed E-state index contributed by atoms with van der Waals surface area (Å²) in [5, 5.41) is 7.52. The zero-order valence-corrected chi connectivity index (χ0v) is 41.4. The van der Waals surface area contributed by atoms with Crippen molar-refractivity contribution >= 4 is 64.8 Å². The molecule has 3 N–H and O–H groups in total. The summed E-state index contributed by atoms with van der Waals surface area (Å²) in [6, 6.07) is 33.2. The summed E-state index contributed by atoms with van der Waals surface area (Å²) in [5.41, 5.74) is 7.05. The van der Waals surface area contributed by atoms with Gasteiger partial charge in [0.2, 0.25) is 11.6 Å². The molecule has 0 spiro atoms. The van der Waals surface area contributed by atoms with Gasteiger partial charge in [-0.1, -0.05) is 98.8 Å². The van der Waals surface area contributed by atoms with Crippen LogP contribution in [0.2, 0.25) is 0 Å². The second kappa shape index (κ2) is 21.8. The van der Waals surface area contributed by atoms with Crippen molar-refractivity contribution in [3.05, 3.63) is 150 Å². The van der Waals surface area contributed by atoms with Gasteiger partial charge in [0, 0.05) is 60.4 Å². The molecule has 13 heteroatoms. The Balaban J connectivity index is 1.07. The van der Waals surface area contributed by atoms with E-state index < -0.39 is 25.7 Å². The number of allylic oxidation sites excluding steroid dienone is 6. The lowest BCUT2D eigenvalue weighted by atomic mass is 9.79. The zero-order chi connectivity index (χ0) is 48.5. The van der Waals surface area contributed by atoms with Gasteiger partial charge in [0.15, 0.2) is 5.71 Å². The molecule has 2 heterocycles. The number of nitrogens with one attached hydrogen (secondary N) is 1. The molecule has 2 aliphatic heterocycles. The first kappa shape index (κ1) is 50.3. The van der Waals surface area contributed by atoms with Gasteiger partial charge in [-0.3, -0.25) is 13.9 Å². The van der Waals surface area contributed by atoms with Crippen LogP contribution in [0.3, 0.4) is 0 Å². The number of amides is 1. The first-order valence-electron chi connectivity index (χ1n) is 23.9. The minimum absolute atomic E-state index is 0.0745. The first-order chi connectivity index (χ1) is 32.4. The van der Waals surface area contributed by atoms with E-state index in [4.69, 9.17) is 4.74 Å². The van der Waals surface area contributed by atoms with Crippen molar-refractivity contribution in [2.24, 2.45) is 0 Å². The molecule has 0 unspecified atom stereocenters. The molecular weight excluding hydrogens is 895 g/mol. The van der Waals surface area contributed by atoms with Crippen LogP contribution in [0.25, 0.3) is 21.5 Å². The Hall–Kier alpha value is -5.60. The van der Waals surface area contributed by atoms with Crippen LogP contribution in [0.4, 0.5) is 11.4 Å². The zero-order valence-electron chi connectivity index (χ0n) is 39.8. The van der Waals surface area contributed by atoms with Crippen molar-refractivity contribution in [3.63, 3.8) is 0 Å². The fraction of sp³-hybridized carbons (Fsp3) is 0.382. The van der Waals surface area contributed by atoms with Crippen molar-refractivity contribution in [1.82, 2.24) is 5.32 Å². The molecule has 5 aromatic rings. The quantitative estimate of drug-likeness (QED) is 0.0251. The van der Waals surface area contributed by atoms with E-state index in [0.29, 0.717) is 58.3 Å². The second-order valence-corrected chi connectivity index (χ2v) is 22.1. The Labute approximate surface area is 402 Å². The van der Waals surface area contributed by atoms with Gasteiger partial charge in [0.05, 0.1) is 23.5 Å². The Morgan fingerprint density at radius 2 is 1.40 bits per heavy atom.